The van der Waals surface area contributed by atoms with E-state index in [-0.39, 0.29) is 12.3 Å². The van der Waals surface area contributed by atoms with Crippen LogP contribution in [-0.4, -0.2) is 11.1 Å². The van der Waals surface area contributed by atoms with E-state index >= 15 is 0 Å². The van der Waals surface area contributed by atoms with Gasteiger partial charge in [0.25, 0.3) is 0 Å². The van der Waals surface area contributed by atoms with Crippen LogP contribution in [0, 0.1) is 5.92 Å². The molecule has 1 unspecified atom stereocenters. The zero-order valence-electron chi connectivity index (χ0n) is 6.38. The summed E-state index contributed by atoms with van der Waals surface area (Å²) in [6, 6.07) is 0. The lowest BCUT2D eigenvalue weighted by atomic mass is 10.1. The Morgan fingerprint density at radius 3 is 2.64 bits per heavy atom. The summed E-state index contributed by atoms with van der Waals surface area (Å²) in [7, 11) is 0. The third-order valence-corrected chi connectivity index (χ3v) is 1.81. The molecule has 0 aliphatic heterocycles. The zero-order valence-corrected chi connectivity index (χ0v) is 7.14. The molecule has 0 aromatic heterocycles. The predicted octanol–water partition coefficient (Wildman–Crippen LogP) is 2.41. The Morgan fingerprint density at radius 2 is 2.36 bits per heavy atom. The summed E-state index contributed by atoms with van der Waals surface area (Å²) in [6.45, 7) is 5.26. The van der Waals surface area contributed by atoms with Crippen LogP contribution >= 0.6 is 11.6 Å². The van der Waals surface area contributed by atoms with Crippen molar-refractivity contribution in [1.82, 2.24) is 0 Å². The van der Waals surface area contributed by atoms with E-state index in [1.807, 2.05) is 0 Å². The molecule has 0 aromatic carbocycles. The lowest BCUT2D eigenvalue weighted by molar-refractivity contribution is -0.137. The summed E-state index contributed by atoms with van der Waals surface area (Å²) in [6.07, 6.45) is 3.22. The molecule has 0 aliphatic carbocycles. The van der Waals surface area contributed by atoms with Gasteiger partial charge in [-0.2, -0.15) is 0 Å². The number of carbonyl (C=O) groups is 1. The van der Waals surface area contributed by atoms with Crippen molar-refractivity contribution in [2.75, 3.05) is 0 Å². The number of allylic oxidation sites excluding steroid dienone is 3. The van der Waals surface area contributed by atoms with Gasteiger partial charge in [-0.25, -0.2) is 0 Å². The van der Waals surface area contributed by atoms with E-state index in [2.05, 4.69) is 6.58 Å². The Balaban J connectivity index is 4.17. The average molecular weight is 175 g/mol. The number of hydrogen-bond donors (Lipinski definition) is 1. The summed E-state index contributed by atoms with van der Waals surface area (Å²) < 4.78 is 0. The van der Waals surface area contributed by atoms with Gasteiger partial charge in [-0.1, -0.05) is 23.8 Å². The standard InChI is InChI=1S/C8H11ClO2/c1-3-6(5-8(10)11)7(9)4-2/h3-4,6H,1,5H2,2H3,(H,10,11). The van der Waals surface area contributed by atoms with Crippen LogP contribution in [0.5, 0.6) is 0 Å². The topological polar surface area (TPSA) is 37.3 Å². The van der Waals surface area contributed by atoms with Gasteiger partial charge in [0.1, 0.15) is 0 Å². The fourth-order valence-electron chi connectivity index (χ4n) is 0.696. The van der Waals surface area contributed by atoms with Crippen molar-refractivity contribution in [2.45, 2.75) is 13.3 Å². The van der Waals surface area contributed by atoms with Crippen molar-refractivity contribution in [3.05, 3.63) is 23.8 Å². The van der Waals surface area contributed by atoms with Gasteiger partial charge >= 0.3 is 5.97 Å². The number of aliphatic carboxylic acids is 1. The van der Waals surface area contributed by atoms with E-state index in [0.29, 0.717) is 5.03 Å². The molecule has 62 valence electrons. The van der Waals surface area contributed by atoms with E-state index < -0.39 is 5.97 Å². The van der Waals surface area contributed by atoms with E-state index in [0.717, 1.165) is 0 Å². The minimum absolute atomic E-state index is 0.00662. The van der Waals surface area contributed by atoms with E-state index in [1.165, 1.54) is 6.08 Å². The number of rotatable bonds is 4. The third kappa shape index (κ3) is 3.83. The highest BCUT2D eigenvalue weighted by molar-refractivity contribution is 6.30. The Kier molecular flexibility index (Phi) is 4.62. The molecule has 1 N–H and O–H groups in total. The number of carboxylic acid groups (broad SMARTS) is 1. The number of halogens is 1. The van der Waals surface area contributed by atoms with Gasteiger partial charge < -0.3 is 5.11 Å². The first-order chi connectivity index (χ1) is 5.11. The SMILES string of the molecule is C=CC(CC(=O)O)C(Cl)=CC. The fraction of sp³-hybridized carbons (Fsp3) is 0.375. The normalized spacial score (nSPS) is 14.2. The molecule has 3 heteroatoms. The second kappa shape index (κ2) is 4.97. The monoisotopic (exact) mass is 174 g/mol. The van der Waals surface area contributed by atoms with Crippen LogP contribution < -0.4 is 0 Å². The Morgan fingerprint density at radius 1 is 1.82 bits per heavy atom. The molecule has 11 heavy (non-hydrogen) atoms. The van der Waals surface area contributed by atoms with Gasteiger partial charge in [-0.15, -0.1) is 6.58 Å². The van der Waals surface area contributed by atoms with Crippen LogP contribution in [0.2, 0.25) is 0 Å². The minimum Gasteiger partial charge on any atom is -0.481 e. The molecule has 0 saturated carbocycles. The van der Waals surface area contributed by atoms with Crippen LogP contribution in [0.25, 0.3) is 0 Å². The molecule has 0 fully saturated rings. The highest BCUT2D eigenvalue weighted by Crippen LogP contribution is 2.19. The maximum absolute atomic E-state index is 10.3. The summed E-state index contributed by atoms with van der Waals surface area (Å²) in [5, 5.41) is 8.96. The number of hydrogen-bond acceptors (Lipinski definition) is 1. The van der Waals surface area contributed by atoms with Crippen molar-refractivity contribution in [3.8, 4) is 0 Å². The summed E-state index contributed by atoms with van der Waals surface area (Å²) in [4.78, 5) is 10.3. The average Bonchev–Trinajstić information content (AvgIpc) is 1.98. The van der Waals surface area contributed by atoms with Gasteiger partial charge in [-0.05, 0) is 6.92 Å². The molecule has 1 atom stereocenters. The molecular weight excluding hydrogens is 164 g/mol. The lowest BCUT2D eigenvalue weighted by Gasteiger charge is -2.06. The predicted molar refractivity (Wildman–Crippen MR) is 45.5 cm³/mol. The zero-order chi connectivity index (χ0) is 8.85. The first kappa shape index (κ1) is 10.2. The van der Waals surface area contributed by atoms with E-state index in [1.54, 1.807) is 13.0 Å². The molecule has 2 nitrogen and oxygen atoms in total. The van der Waals surface area contributed by atoms with Gasteiger partial charge in [0.15, 0.2) is 0 Å². The molecule has 0 spiro atoms. The highest BCUT2D eigenvalue weighted by Gasteiger charge is 2.11. The molecule has 0 heterocycles. The quantitative estimate of drug-likeness (QED) is 0.665. The van der Waals surface area contributed by atoms with Gasteiger partial charge in [0, 0.05) is 11.0 Å². The van der Waals surface area contributed by atoms with Gasteiger partial charge in [0.05, 0.1) is 6.42 Å². The molecule has 0 saturated heterocycles. The minimum atomic E-state index is -0.866. The van der Waals surface area contributed by atoms with Gasteiger partial charge in [-0.3, -0.25) is 4.79 Å². The van der Waals surface area contributed by atoms with Crippen molar-refractivity contribution < 1.29 is 9.90 Å². The lowest BCUT2D eigenvalue weighted by Crippen LogP contribution is -2.04. The largest absolute Gasteiger partial charge is 0.481 e. The van der Waals surface area contributed by atoms with Crippen molar-refractivity contribution in [1.29, 1.82) is 0 Å². The molecule has 0 aliphatic rings. The van der Waals surface area contributed by atoms with Crippen LogP contribution in [0.3, 0.4) is 0 Å². The molecule has 0 aromatic rings. The Bertz CT molecular complexity index is 185. The molecule has 0 amide bonds. The highest BCUT2D eigenvalue weighted by atomic mass is 35.5. The summed E-state index contributed by atoms with van der Waals surface area (Å²) >= 11 is 5.70. The van der Waals surface area contributed by atoms with Crippen molar-refractivity contribution in [3.63, 3.8) is 0 Å². The number of carboxylic acids is 1. The summed E-state index contributed by atoms with van der Waals surface area (Å²) in [5.41, 5.74) is 0. The first-order valence-electron chi connectivity index (χ1n) is 3.27. The summed E-state index contributed by atoms with van der Waals surface area (Å²) in [5.74, 6) is -1.12. The second-order valence-electron chi connectivity index (χ2n) is 2.11. The van der Waals surface area contributed by atoms with E-state index in [4.69, 9.17) is 16.7 Å². The van der Waals surface area contributed by atoms with Crippen LogP contribution in [0.4, 0.5) is 0 Å². The Labute approximate surface area is 71.2 Å². The Hall–Kier alpha value is -0.760. The molecule has 0 bridgehead atoms. The third-order valence-electron chi connectivity index (χ3n) is 1.31. The van der Waals surface area contributed by atoms with Crippen LogP contribution in [-0.2, 0) is 4.79 Å². The van der Waals surface area contributed by atoms with Crippen LogP contribution in [0.15, 0.2) is 23.8 Å². The van der Waals surface area contributed by atoms with Crippen molar-refractivity contribution in [2.24, 2.45) is 5.92 Å². The molecule has 0 rings (SSSR count). The maximum Gasteiger partial charge on any atom is 0.304 e. The smallest absolute Gasteiger partial charge is 0.304 e. The van der Waals surface area contributed by atoms with Crippen LogP contribution in [0.1, 0.15) is 13.3 Å². The second-order valence-corrected chi connectivity index (χ2v) is 2.55. The van der Waals surface area contributed by atoms with Crippen molar-refractivity contribution >= 4 is 17.6 Å². The van der Waals surface area contributed by atoms with E-state index in [9.17, 15) is 4.79 Å². The maximum atomic E-state index is 10.3. The molecule has 0 radical (unpaired) electrons. The first-order valence-corrected chi connectivity index (χ1v) is 3.65. The molecular formula is C8H11ClO2. The fourth-order valence-corrected chi connectivity index (χ4v) is 0.862. The van der Waals surface area contributed by atoms with Gasteiger partial charge in [0.2, 0.25) is 0 Å².